The predicted octanol–water partition coefficient (Wildman–Crippen LogP) is 3.13. The van der Waals surface area contributed by atoms with Crippen LogP contribution in [-0.4, -0.2) is 21.0 Å². The molecule has 3 aromatic rings. The molecule has 0 bridgehead atoms. The van der Waals surface area contributed by atoms with Crippen LogP contribution in [0.5, 0.6) is 0 Å². The van der Waals surface area contributed by atoms with Gasteiger partial charge in [0.1, 0.15) is 5.82 Å². The van der Waals surface area contributed by atoms with Crippen molar-refractivity contribution in [3.05, 3.63) is 47.6 Å². The van der Waals surface area contributed by atoms with Gasteiger partial charge in [0.2, 0.25) is 0 Å². The van der Waals surface area contributed by atoms with Gasteiger partial charge in [-0.25, -0.2) is 14.8 Å². The summed E-state index contributed by atoms with van der Waals surface area (Å²) in [7, 11) is 0. The highest BCUT2D eigenvalue weighted by Crippen LogP contribution is 2.23. The minimum absolute atomic E-state index is 0.170. The summed E-state index contributed by atoms with van der Waals surface area (Å²) in [6, 6.07) is 8.98. The van der Waals surface area contributed by atoms with E-state index in [1.165, 1.54) is 12.3 Å². The van der Waals surface area contributed by atoms with Crippen molar-refractivity contribution in [1.29, 1.82) is 0 Å². The Labute approximate surface area is 112 Å². The van der Waals surface area contributed by atoms with E-state index in [-0.39, 0.29) is 5.56 Å². The van der Waals surface area contributed by atoms with Crippen LogP contribution in [0.15, 0.2) is 42.0 Å². The van der Waals surface area contributed by atoms with Gasteiger partial charge in [-0.2, -0.15) is 0 Å². The van der Waals surface area contributed by atoms with E-state index in [0.29, 0.717) is 5.82 Å². The van der Waals surface area contributed by atoms with E-state index in [2.05, 4.69) is 15.3 Å². The van der Waals surface area contributed by atoms with Gasteiger partial charge in [0.25, 0.3) is 0 Å². The molecule has 0 aliphatic heterocycles. The number of hydrogen-bond donors (Lipinski definition) is 2. The third-order valence-electron chi connectivity index (χ3n) is 2.61. The number of rotatable bonds is 3. The highest BCUT2D eigenvalue weighted by Gasteiger charge is 2.04. The van der Waals surface area contributed by atoms with Crippen LogP contribution < -0.4 is 5.32 Å². The van der Waals surface area contributed by atoms with E-state index in [9.17, 15) is 4.79 Å². The molecular formula is C13H9N3O2S. The SMILES string of the molecule is O=C(O)c1ccc(Nc2ccc3ncsc3c2)nc1. The lowest BCUT2D eigenvalue weighted by molar-refractivity contribution is 0.0696. The molecule has 0 spiro atoms. The van der Waals surface area contributed by atoms with Crippen LogP contribution >= 0.6 is 11.3 Å². The number of benzene rings is 1. The number of carbonyl (C=O) groups is 1. The Hall–Kier alpha value is -2.47. The average Bonchev–Trinajstić information content (AvgIpc) is 2.87. The molecule has 0 aliphatic carbocycles. The van der Waals surface area contributed by atoms with Gasteiger partial charge >= 0.3 is 5.97 Å². The van der Waals surface area contributed by atoms with E-state index in [1.807, 2.05) is 18.2 Å². The van der Waals surface area contributed by atoms with E-state index >= 15 is 0 Å². The Morgan fingerprint density at radius 3 is 2.84 bits per heavy atom. The molecule has 2 N–H and O–H groups in total. The number of hydrogen-bond acceptors (Lipinski definition) is 5. The van der Waals surface area contributed by atoms with Gasteiger partial charge < -0.3 is 10.4 Å². The van der Waals surface area contributed by atoms with Crippen molar-refractivity contribution in [1.82, 2.24) is 9.97 Å². The maximum absolute atomic E-state index is 10.7. The van der Waals surface area contributed by atoms with Crippen LogP contribution in [-0.2, 0) is 0 Å². The number of anilines is 2. The number of aromatic nitrogens is 2. The normalized spacial score (nSPS) is 10.5. The quantitative estimate of drug-likeness (QED) is 0.765. The third-order valence-corrected chi connectivity index (χ3v) is 3.41. The Morgan fingerprint density at radius 1 is 1.21 bits per heavy atom. The number of carboxylic acids is 1. The topological polar surface area (TPSA) is 75.1 Å². The monoisotopic (exact) mass is 271 g/mol. The smallest absolute Gasteiger partial charge is 0.337 e. The number of nitrogens with one attached hydrogen (secondary N) is 1. The van der Waals surface area contributed by atoms with Crippen molar-refractivity contribution >= 4 is 39.0 Å². The average molecular weight is 271 g/mol. The van der Waals surface area contributed by atoms with Crippen molar-refractivity contribution in [2.75, 3.05) is 5.32 Å². The number of carboxylic acid groups (broad SMARTS) is 1. The maximum Gasteiger partial charge on any atom is 0.337 e. The predicted molar refractivity (Wildman–Crippen MR) is 74.1 cm³/mol. The van der Waals surface area contributed by atoms with E-state index in [0.717, 1.165) is 15.9 Å². The number of pyridine rings is 1. The van der Waals surface area contributed by atoms with E-state index < -0.39 is 5.97 Å². The van der Waals surface area contributed by atoms with Crippen molar-refractivity contribution in [2.45, 2.75) is 0 Å². The van der Waals surface area contributed by atoms with E-state index in [1.54, 1.807) is 22.9 Å². The number of aromatic carboxylic acids is 1. The zero-order valence-corrected chi connectivity index (χ0v) is 10.5. The lowest BCUT2D eigenvalue weighted by Gasteiger charge is -2.05. The zero-order valence-electron chi connectivity index (χ0n) is 9.70. The molecule has 0 saturated heterocycles. The number of nitrogens with zero attached hydrogens (tertiary/aromatic N) is 2. The summed E-state index contributed by atoms with van der Waals surface area (Å²) < 4.78 is 1.09. The molecule has 0 amide bonds. The standard InChI is InChI=1S/C13H9N3O2S/c17-13(18)8-1-4-12(14-6-8)16-9-2-3-10-11(5-9)19-7-15-10/h1-7H,(H,14,16)(H,17,18). The molecule has 0 atom stereocenters. The zero-order chi connectivity index (χ0) is 13.2. The van der Waals surface area contributed by atoms with Crippen LogP contribution in [0.2, 0.25) is 0 Å². The summed E-state index contributed by atoms with van der Waals surface area (Å²) in [6.07, 6.45) is 1.33. The highest BCUT2D eigenvalue weighted by molar-refractivity contribution is 7.16. The van der Waals surface area contributed by atoms with Gasteiger partial charge in [-0.15, -0.1) is 11.3 Å². The summed E-state index contributed by atoms with van der Waals surface area (Å²) in [5.74, 6) is -0.376. The first-order chi connectivity index (χ1) is 9.22. The molecule has 0 fully saturated rings. The Morgan fingerprint density at radius 2 is 2.11 bits per heavy atom. The first kappa shape index (κ1) is 11.6. The molecule has 6 heteroatoms. The molecule has 0 saturated carbocycles. The van der Waals surface area contributed by atoms with Crippen molar-refractivity contribution in [3.8, 4) is 0 Å². The summed E-state index contributed by atoms with van der Waals surface area (Å²) in [5.41, 5.74) is 3.83. The molecule has 19 heavy (non-hydrogen) atoms. The lowest BCUT2D eigenvalue weighted by atomic mass is 10.2. The Bertz CT molecular complexity index is 737. The van der Waals surface area contributed by atoms with E-state index in [4.69, 9.17) is 5.11 Å². The minimum Gasteiger partial charge on any atom is -0.478 e. The Kier molecular flexibility index (Phi) is 2.85. The van der Waals surface area contributed by atoms with Gasteiger partial charge in [0.05, 0.1) is 21.3 Å². The van der Waals surface area contributed by atoms with Crippen LogP contribution in [0.4, 0.5) is 11.5 Å². The fraction of sp³-hybridized carbons (Fsp3) is 0. The van der Waals surface area contributed by atoms with Gasteiger partial charge in [-0.05, 0) is 30.3 Å². The first-order valence-corrected chi connectivity index (χ1v) is 6.40. The van der Waals surface area contributed by atoms with Crippen LogP contribution in [0.1, 0.15) is 10.4 Å². The van der Waals surface area contributed by atoms with Crippen molar-refractivity contribution in [2.24, 2.45) is 0 Å². The molecule has 94 valence electrons. The van der Waals surface area contributed by atoms with Gasteiger partial charge in [0.15, 0.2) is 0 Å². The summed E-state index contributed by atoms with van der Waals surface area (Å²) in [6.45, 7) is 0. The molecule has 1 aromatic carbocycles. The molecule has 2 aromatic heterocycles. The second-order valence-electron chi connectivity index (χ2n) is 3.90. The maximum atomic E-state index is 10.7. The third kappa shape index (κ3) is 2.38. The second kappa shape index (κ2) is 4.66. The lowest BCUT2D eigenvalue weighted by Crippen LogP contribution is -1.99. The fourth-order valence-corrected chi connectivity index (χ4v) is 2.39. The molecule has 0 radical (unpaired) electrons. The molecule has 2 heterocycles. The number of thiazole rings is 1. The fourth-order valence-electron chi connectivity index (χ4n) is 1.68. The molecule has 3 rings (SSSR count). The molecule has 0 aliphatic rings. The van der Waals surface area contributed by atoms with Crippen LogP contribution in [0, 0.1) is 0 Å². The second-order valence-corrected chi connectivity index (χ2v) is 4.78. The largest absolute Gasteiger partial charge is 0.478 e. The van der Waals surface area contributed by atoms with Gasteiger partial charge in [-0.1, -0.05) is 0 Å². The number of fused-ring (bicyclic) bond motifs is 1. The highest BCUT2D eigenvalue weighted by atomic mass is 32.1. The van der Waals surface area contributed by atoms with Crippen molar-refractivity contribution in [3.63, 3.8) is 0 Å². The van der Waals surface area contributed by atoms with Gasteiger partial charge in [-0.3, -0.25) is 0 Å². The summed E-state index contributed by atoms with van der Waals surface area (Å²) in [5, 5.41) is 11.9. The van der Waals surface area contributed by atoms with Crippen LogP contribution in [0.25, 0.3) is 10.2 Å². The molecule has 5 nitrogen and oxygen atoms in total. The Balaban J connectivity index is 1.85. The van der Waals surface area contributed by atoms with Crippen molar-refractivity contribution < 1.29 is 9.90 Å². The van der Waals surface area contributed by atoms with Gasteiger partial charge in [0, 0.05) is 11.9 Å². The van der Waals surface area contributed by atoms with Crippen LogP contribution in [0.3, 0.4) is 0 Å². The minimum atomic E-state index is -0.981. The first-order valence-electron chi connectivity index (χ1n) is 5.52. The summed E-state index contributed by atoms with van der Waals surface area (Å²) in [4.78, 5) is 19.0. The molecule has 0 unspecified atom stereocenters. The molecular weight excluding hydrogens is 262 g/mol. The summed E-state index contributed by atoms with van der Waals surface area (Å²) >= 11 is 1.57.